The smallest absolute Gasteiger partial charge is 0.311 e. The first-order valence-corrected chi connectivity index (χ1v) is 8.50. The lowest BCUT2D eigenvalue weighted by Crippen LogP contribution is -2.30. The highest BCUT2D eigenvalue weighted by Crippen LogP contribution is 2.18. The molecular formula is C17H20N2O4S. The van der Waals surface area contributed by atoms with Crippen molar-refractivity contribution in [3.63, 3.8) is 0 Å². The highest BCUT2D eigenvalue weighted by molar-refractivity contribution is 7.13. The molecule has 0 saturated heterocycles. The lowest BCUT2D eigenvalue weighted by Gasteiger charge is -2.14. The first-order chi connectivity index (χ1) is 11.5. The Morgan fingerprint density at radius 2 is 2.17 bits per heavy atom. The van der Waals surface area contributed by atoms with Gasteiger partial charge in [0.25, 0.3) is 5.91 Å². The van der Waals surface area contributed by atoms with Gasteiger partial charge in [0.1, 0.15) is 5.75 Å². The maximum Gasteiger partial charge on any atom is 0.311 e. The summed E-state index contributed by atoms with van der Waals surface area (Å²) in [6, 6.07) is 7.50. The molecule has 1 N–H and O–H groups in total. The molecule has 128 valence electrons. The number of ether oxygens (including phenoxy) is 2. The van der Waals surface area contributed by atoms with Gasteiger partial charge in [-0.2, -0.15) is 0 Å². The van der Waals surface area contributed by atoms with E-state index in [-0.39, 0.29) is 18.3 Å². The normalized spacial score (nSPS) is 11.6. The zero-order chi connectivity index (χ0) is 17.5. The molecule has 0 spiro atoms. The average molecular weight is 348 g/mol. The van der Waals surface area contributed by atoms with Crippen LogP contribution in [0.4, 0.5) is 5.13 Å². The van der Waals surface area contributed by atoms with Gasteiger partial charge in [0.15, 0.2) is 11.2 Å². The molecule has 0 bridgehead atoms. The predicted molar refractivity (Wildman–Crippen MR) is 92.3 cm³/mol. The second kappa shape index (κ2) is 8.44. The van der Waals surface area contributed by atoms with Gasteiger partial charge in [-0.1, -0.05) is 12.1 Å². The fourth-order valence-corrected chi connectivity index (χ4v) is 2.67. The summed E-state index contributed by atoms with van der Waals surface area (Å²) in [5, 5.41) is 4.84. The average Bonchev–Trinajstić information content (AvgIpc) is 2.94. The number of nitrogens with one attached hydrogen (secondary N) is 1. The van der Waals surface area contributed by atoms with Gasteiger partial charge in [-0.15, -0.1) is 11.3 Å². The molecule has 1 aromatic heterocycles. The Morgan fingerprint density at radius 3 is 2.88 bits per heavy atom. The van der Waals surface area contributed by atoms with Crippen molar-refractivity contribution in [1.29, 1.82) is 0 Å². The SMILES string of the molecule is CCOC(=O)Cc1csc(NC(=O)C(C)Oc2cccc(C)c2)n1. The van der Waals surface area contributed by atoms with Crippen molar-refractivity contribution >= 4 is 28.3 Å². The molecular weight excluding hydrogens is 328 g/mol. The number of hydrogen-bond acceptors (Lipinski definition) is 6. The fraction of sp³-hybridized carbons (Fsp3) is 0.353. The zero-order valence-electron chi connectivity index (χ0n) is 13.9. The number of aromatic nitrogens is 1. The second-order valence-electron chi connectivity index (χ2n) is 5.19. The van der Waals surface area contributed by atoms with Gasteiger partial charge in [0, 0.05) is 5.38 Å². The predicted octanol–water partition coefficient (Wildman–Crippen LogP) is 2.96. The van der Waals surface area contributed by atoms with Crippen LogP contribution < -0.4 is 10.1 Å². The molecule has 0 saturated carbocycles. The van der Waals surface area contributed by atoms with Crippen LogP contribution in [0.25, 0.3) is 0 Å². The van der Waals surface area contributed by atoms with Crippen LogP contribution >= 0.6 is 11.3 Å². The molecule has 1 aromatic carbocycles. The number of hydrogen-bond donors (Lipinski definition) is 1. The molecule has 2 rings (SSSR count). The van der Waals surface area contributed by atoms with Crippen molar-refractivity contribution in [3.8, 4) is 5.75 Å². The van der Waals surface area contributed by atoms with E-state index >= 15 is 0 Å². The second-order valence-corrected chi connectivity index (χ2v) is 6.05. The van der Waals surface area contributed by atoms with E-state index < -0.39 is 6.10 Å². The van der Waals surface area contributed by atoms with Crippen LogP contribution in [-0.4, -0.2) is 29.6 Å². The maximum absolute atomic E-state index is 12.2. The number of rotatable bonds is 7. The fourth-order valence-electron chi connectivity index (χ4n) is 1.96. The summed E-state index contributed by atoms with van der Waals surface area (Å²) in [6.07, 6.45) is -0.570. The largest absolute Gasteiger partial charge is 0.481 e. The Morgan fingerprint density at radius 1 is 1.38 bits per heavy atom. The Labute approximate surface area is 144 Å². The lowest BCUT2D eigenvalue weighted by atomic mass is 10.2. The molecule has 0 radical (unpaired) electrons. The number of esters is 1. The van der Waals surface area contributed by atoms with Crippen LogP contribution in [0.3, 0.4) is 0 Å². The van der Waals surface area contributed by atoms with Crippen LogP contribution in [0.1, 0.15) is 25.1 Å². The summed E-state index contributed by atoms with van der Waals surface area (Å²) in [7, 11) is 0. The molecule has 1 atom stereocenters. The maximum atomic E-state index is 12.2. The molecule has 1 heterocycles. The molecule has 24 heavy (non-hydrogen) atoms. The molecule has 2 aromatic rings. The van der Waals surface area contributed by atoms with Crippen molar-refractivity contribution < 1.29 is 19.1 Å². The van der Waals surface area contributed by atoms with Crippen LogP contribution in [0.15, 0.2) is 29.6 Å². The Balaban J connectivity index is 1.89. The van der Waals surface area contributed by atoms with E-state index in [1.54, 1.807) is 25.3 Å². The van der Waals surface area contributed by atoms with E-state index in [0.29, 0.717) is 23.2 Å². The topological polar surface area (TPSA) is 77.5 Å². The van der Waals surface area contributed by atoms with Crippen molar-refractivity contribution in [3.05, 3.63) is 40.9 Å². The summed E-state index contributed by atoms with van der Waals surface area (Å²) >= 11 is 1.26. The first kappa shape index (κ1) is 17.9. The summed E-state index contributed by atoms with van der Waals surface area (Å²) in [4.78, 5) is 27.8. The number of amides is 1. The number of anilines is 1. The highest BCUT2D eigenvalue weighted by Gasteiger charge is 2.17. The van der Waals surface area contributed by atoms with Crippen molar-refractivity contribution in [2.45, 2.75) is 33.3 Å². The Bertz CT molecular complexity index is 714. The Kier molecular flexibility index (Phi) is 6.31. The number of nitrogens with zero attached hydrogens (tertiary/aromatic N) is 1. The van der Waals surface area contributed by atoms with Crippen LogP contribution in [0.5, 0.6) is 5.75 Å². The minimum atomic E-state index is -0.663. The van der Waals surface area contributed by atoms with E-state index in [0.717, 1.165) is 5.56 Å². The first-order valence-electron chi connectivity index (χ1n) is 7.62. The van der Waals surface area contributed by atoms with Crippen molar-refractivity contribution in [2.24, 2.45) is 0 Å². The minimum Gasteiger partial charge on any atom is -0.481 e. The standard InChI is InChI=1S/C17H20N2O4S/c1-4-22-15(20)9-13-10-24-17(18-13)19-16(21)12(3)23-14-7-5-6-11(2)8-14/h5-8,10,12H,4,9H2,1-3H3,(H,18,19,21). The minimum absolute atomic E-state index is 0.0928. The molecule has 0 fully saturated rings. The van der Waals surface area contributed by atoms with Gasteiger partial charge >= 0.3 is 5.97 Å². The number of thiazole rings is 1. The Hall–Kier alpha value is -2.41. The van der Waals surface area contributed by atoms with Gasteiger partial charge in [0.2, 0.25) is 0 Å². The van der Waals surface area contributed by atoms with Crippen LogP contribution in [0, 0.1) is 6.92 Å². The van der Waals surface area contributed by atoms with Crippen molar-refractivity contribution in [2.75, 3.05) is 11.9 Å². The van der Waals surface area contributed by atoms with Crippen molar-refractivity contribution in [1.82, 2.24) is 4.98 Å². The summed E-state index contributed by atoms with van der Waals surface area (Å²) < 4.78 is 10.5. The van der Waals surface area contributed by atoms with E-state index in [9.17, 15) is 9.59 Å². The van der Waals surface area contributed by atoms with Gasteiger partial charge in [-0.3, -0.25) is 14.9 Å². The highest BCUT2D eigenvalue weighted by atomic mass is 32.1. The van der Waals surface area contributed by atoms with Crippen LogP contribution in [0.2, 0.25) is 0 Å². The molecule has 0 aliphatic rings. The van der Waals surface area contributed by atoms with E-state index in [2.05, 4.69) is 10.3 Å². The van der Waals surface area contributed by atoms with Gasteiger partial charge in [0.05, 0.1) is 18.7 Å². The zero-order valence-corrected chi connectivity index (χ0v) is 14.7. The van der Waals surface area contributed by atoms with Gasteiger partial charge in [-0.05, 0) is 38.5 Å². The monoisotopic (exact) mass is 348 g/mol. The number of aryl methyl sites for hydroxylation is 1. The summed E-state index contributed by atoms with van der Waals surface area (Å²) in [5.41, 5.74) is 1.63. The molecule has 0 aliphatic heterocycles. The van der Waals surface area contributed by atoms with Gasteiger partial charge in [-0.25, -0.2) is 4.98 Å². The molecule has 1 unspecified atom stereocenters. The number of carbonyl (C=O) groups excluding carboxylic acids is 2. The lowest BCUT2D eigenvalue weighted by molar-refractivity contribution is -0.142. The number of benzene rings is 1. The van der Waals surface area contributed by atoms with E-state index in [1.807, 2.05) is 25.1 Å². The third kappa shape index (κ3) is 5.34. The van der Waals surface area contributed by atoms with Crippen LogP contribution in [-0.2, 0) is 20.7 Å². The third-order valence-corrected chi connectivity index (χ3v) is 3.89. The summed E-state index contributed by atoms with van der Waals surface area (Å²) in [5.74, 6) is 0.00477. The molecule has 1 amide bonds. The molecule has 0 aliphatic carbocycles. The third-order valence-electron chi connectivity index (χ3n) is 3.08. The van der Waals surface area contributed by atoms with Gasteiger partial charge < -0.3 is 9.47 Å². The quantitative estimate of drug-likeness (QED) is 0.779. The molecule has 6 nitrogen and oxygen atoms in total. The molecule has 7 heteroatoms. The van der Waals surface area contributed by atoms with E-state index in [1.165, 1.54) is 11.3 Å². The van der Waals surface area contributed by atoms with E-state index in [4.69, 9.17) is 9.47 Å². The summed E-state index contributed by atoms with van der Waals surface area (Å²) in [6.45, 7) is 5.71. The number of carbonyl (C=O) groups is 2.